The number of aliphatic hydroxyl groups is 1. The molecule has 2 aliphatic rings. The minimum atomic E-state index is -4.52. The van der Waals surface area contributed by atoms with Crippen molar-refractivity contribution in [2.75, 3.05) is 92.5 Å². The van der Waals surface area contributed by atoms with Crippen molar-refractivity contribution in [3.8, 4) is 0 Å². The fourth-order valence-corrected chi connectivity index (χ4v) is 5.32. The van der Waals surface area contributed by atoms with Crippen LogP contribution in [0, 0.1) is 0 Å². The lowest BCUT2D eigenvalue weighted by molar-refractivity contribution is -0.156. The maximum atomic E-state index is 12.6. The van der Waals surface area contributed by atoms with Crippen molar-refractivity contribution in [1.82, 2.24) is 39.2 Å². The summed E-state index contributed by atoms with van der Waals surface area (Å²) in [5.74, 6) is -1.91. The fourth-order valence-electron chi connectivity index (χ4n) is 5.00. The summed E-state index contributed by atoms with van der Waals surface area (Å²) in [6.07, 6.45) is 4.90. The normalized spacial score (nSPS) is 14.8. The van der Waals surface area contributed by atoms with Gasteiger partial charge in [-0.2, -0.15) is 0 Å². The Hall–Kier alpha value is -4.23. The van der Waals surface area contributed by atoms with Gasteiger partial charge in [-0.25, -0.2) is 4.57 Å². The number of hydrogen-bond donors (Lipinski definition) is 3. The van der Waals surface area contributed by atoms with E-state index in [4.69, 9.17) is 14.9 Å². The summed E-state index contributed by atoms with van der Waals surface area (Å²) >= 11 is 0. The van der Waals surface area contributed by atoms with Crippen LogP contribution in [0.25, 0.3) is 0 Å². The number of hydrogen-bond acceptors (Lipinski definition) is 11. The molecule has 0 atom stereocenters. The van der Waals surface area contributed by atoms with Crippen molar-refractivity contribution in [3.63, 3.8) is 0 Å². The van der Waals surface area contributed by atoms with Crippen LogP contribution in [-0.4, -0.2) is 182 Å². The summed E-state index contributed by atoms with van der Waals surface area (Å²) in [5, 5.41) is 8.98. The Balaban J connectivity index is 0.000000526. The Bertz CT molecular complexity index is 1290. The van der Waals surface area contributed by atoms with E-state index < -0.39 is 19.6 Å². The Kier molecular flexibility index (Phi) is 20.6. The van der Waals surface area contributed by atoms with Crippen molar-refractivity contribution < 1.29 is 52.7 Å². The zero-order valence-electron chi connectivity index (χ0n) is 30.1. The van der Waals surface area contributed by atoms with Crippen LogP contribution in [0.3, 0.4) is 0 Å². The van der Waals surface area contributed by atoms with Crippen LogP contribution in [0.5, 0.6) is 0 Å². The van der Waals surface area contributed by atoms with Crippen molar-refractivity contribution in [2.24, 2.45) is 0 Å². The second kappa shape index (κ2) is 23.4. The average molecular weight is 757 g/mol. The first-order valence-corrected chi connectivity index (χ1v) is 18.1. The van der Waals surface area contributed by atoms with Crippen LogP contribution < -0.4 is 0 Å². The molecule has 2 heterocycles. The van der Waals surface area contributed by atoms with E-state index in [1.54, 1.807) is 4.90 Å². The van der Waals surface area contributed by atoms with Crippen LogP contribution in [0.2, 0.25) is 0 Å². The first-order chi connectivity index (χ1) is 24.6. The topological polar surface area (TPSA) is 215 Å². The molecule has 52 heavy (non-hydrogen) atoms. The third kappa shape index (κ3) is 16.0. The standard InChI is InChI=1S/C16H27N4O7P.C16H26N4O4/c1-4-14(21)18-11-19(15(22)5-2)13-20(12-18)16(23)7-8-17(6-3)9-10-27-28(24,25)26;1-4-14(22)18-11-19(15(23)5-2)13-20(12-18)16(24)7-8-17(6-3)9-10-21/h4-5H,1-2,6-13H2,3H3,(H2,24,25,26);4-5,21H,1-2,6-13H2,3H3. The molecule has 0 aromatic rings. The summed E-state index contributed by atoms with van der Waals surface area (Å²) in [5.41, 5.74) is 0. The lowest BCUT2D eigenvalue weighted by atomic mass is 10.3. The van der Waals surface area contributed by atoms with Gasteiger partial charge in [0.1, 0.15) is 0 Å². The van der Waals surface area contributed by atoms with Crippen LogP contribution in [-0.2, 0) is 37.9 Å². The smallest absolute Gasteiger partial charge is 0.395 e. The van der Waals surface area contributed by atoms with Gasteiger partial charge >= 0.3 is 7.82 Å². The van der Waals surface area contributed by atoms with Gasteiger partial charge < -0.3 is 54.1 Å². The van der Waals surface area contributed by atoms with Gasteiger partial charge in [0, 0.05) is 39.0 Å². The second-order valence-electron chi connectivity index (χ2n) is 11.5. The number of aliphatic hydroxyl groups excluding tert-OH is 1. The third-order valence-electron chi connectivity index (χ3n) is 7.96. The monoisotopic (exact) mass is 756 g/mol. The molecule has 2 saturated heterocycles. The van der Waals surface area contributed by atoms with Gasteiger partial charge in [-0.1, -0.05) is 40.2 Å². The number of amides is 6. The van der Waals surface area contributed by atoms with Gasteiger partial charge in [-0.3, -0.25) is 33.3 Å². The fraction of sp³-hybridized carbons (Fsp3) is 0.562. The molecule has 292 valence electrons. The maximum absolute atomic E-state index is 12.6. The molecule has 19 nitrogen and oxygen atoms in total. The maximum Gasteiger partial charge on any atom is 0.469 e. The van der Waals surface area contributed by atoms with E-state index in [2.05, 4.69) is 30.8 Å². The summed E-state index contributed by atoms with van der Waals surface area (Å²) in [4.78, 5) is 102. The van der Waals surface area contributed by atoms with Crippen molar-refractivity contribution >= 4 is 43.3 Å². The Labute approximate surface area is 304 Å². The molecule has 20 heteroatoms. The molecule has 6 amide bonds. The first kappa shape index (κ1) is 45.8. The van der Waals surface area contributed by atoms with Gasteiger partial charge in [0.2, 0.25) is 35.4 Å². The van der Waals surface area contributed by atoms with Crippen molar-refractivity contribution in [3.05, 3.63) is 50.6 Å². The number of carbonyl (C=O) groups is 6. The van der Waals surface area contributed by atoms with E-state index in [0.29, 0.717) is 26.2 Å². The summed E-state index contributed by atoms with van der Waals surface area (Å²) in [6, 6.07) is 0. The van der Waals surface area contributed by atoms with Gasteiger partial charge in [0.25, 0.3) is 0 Å². The van der Waals surface area contributed by atoms with E-state index in [-0.39, 0.29) is 96.2 Å². The molecule has 2 rings (SSSR count). The lowest BCUT2D eigenvalue weighted by Crippen LogP contribution is -2.59. The van der Waals surface area contributed by atoms with Gasteiger partial charge in [0.15, 0.2) is 0 Å². The molecule has 0 unspecified atom stereocenters. The third-order valence-corrected chi connectivity index (χ3v) is 8.48. The Morgan fingerprint density at radius 2 is 0.904 bits per heavy atom. The summed E-state index contributed by atoms with van der Waals surface area (Å²) in [6.45, 7) is 20.7. The molecule has 0 aromatic heterocycles. The number of rotatable bonds is 18. The van der Waals surface area contributed by atoms with E-state index >= 15 is 0 Å². The number of phosphoric acid groups is 1. The van der Waals surface area contributed by atoms with Crippen LogP contribution in [0.1, 0.15) is 26.7 Å². The van der Waals surface area contributed by atoms with Crippen molar-refractivity contribution in [2.45, 2.75) is 26.7 Å². The van der Waals surface area contributed by atoms with Gasteiger partial charge in [0.05, 0.1) is 53.2 Å². The number of likely N-dealkylation sites (N-methyl/N-ethyl adjacent to an activating group) is 2. The molecular formula is C32H53N8O11P. The molecule has 2 aliphatic heterocycles. The van der Waals surface area contributed by atoms with E-state index in [9.17, 15) is 33.3 Å². The molecule has 0 saturated carbocycles. The largest absolute Gasteiger partial charge is 0.469 e. The molecule has 2 fully saturated rings. The molecular weight excluding hydrogens is 703 g/mol. The number of phosphoric ester groups is 1. The van der Waals surface area contributed by atoms with E-state index in [1.807, 2.05) is 18.7 Å². The molecule has 0 aliphatic carbocycles. The van der Waals surface area contributed by atoms with Crippen LogP contribution >= 0.6 is 7.82 Å². The number of carbonyl (C=O) groups excluding carboxylic acids is 6. The predicted molar refractivity (Wildman–Crippen MR) is 190 cm³/mol. The molecule has 0 bridgehead atoms. The highest BCUT2D eigenvalue weighted by Gasteiger charge is 2.31. The average Bonchev–Trinajstić information content (AvgIpc) is 3.15. The van der Waals surface area contributed by atoms with Gasteiger partial charge in [-0.05, 0) is 37.4 Å². The second-order valence-corrected chi connectivity index (χ2v) is 12.7. The minimum Gasteiger partial charge on any atom is -0.395 e. The highest BCUT2D eigenvalue weighted by atomic mass is 31.2. The Morgan fingerprint density at radius 3 is 1.17 bits per heavy atom. The first-order valence-electron chi connectivity index (χ1n) is 16.5. The SMILES string of the molecule is C=CC(=O)N1CN(C(=O)C=C)CN(C(=O)CCN(CC)CCO)C1.C=CC(=O)N1CN(C(=O)C=C)CN(C(=O)CCN(CC)CCOP(=O)(O)O)C1. The highest BCUT2D eigenvalue weighted by Crippen LogP contribution is 2.35. The Morgan fingerprint density at radius 1 is 0.596 bits per heavy atom. The molecule has 0 radical (unpaired) electrons. The zero-order valence-corrected chi connectivity index (χ0v) is 31.0. The lowest BCUT2D eigenvalue weighted by Gasteiger charge is -2.41. The highest BCUT2D eigenvalue weighted by molar-refractivity contribution is 7.46. The quantitative estimate of drug-likeness (QED) is 0.113. The molecule has 3 N–H and O–H groups in total. The number of nitrogens with zero attached hydrogens (tertiary/aromatic N) is 8. The van der Waals surface area contributed by atoms with Gasteiger partial charge in [-0.15, -0.1) is 0 Å². The molecule has 0 spiro atoms. The van der Waals surface area contributed by atoms with Crippen LogP contribution in [0.4, 0.5) is 0 Å². The van der Waals surface area contributed by atoms with E-state index in [0.717, 1.165) is 30.8 Å². The van der Waals surface area contributed by atoms with E-state index in [1.165, 1.54) is 29.4 Å². The minimum absolute atomic E-state index is 0.0367. The summed E-state index contributed by atoms with van der Waals surface area (Å²) in [7, 11) is -4.52. The predicted octanol–water partition coefficient (Wildman–Crippen LogP) is -1.01. The summed E-state index contributed by atoms with van der Waals surface area (Å²) < 4.78 is 15.1. The molecule has 0 aromatic carbocycles. The van der Waals surface area contributed by atoms with Crippen molar-refractivity contribution in [1.29, 1.82) is 0 Å². The van der Waals surface area contributed by atoms with Crippen LogP contribution in [0.15, 0.2) is 50.6 Å². The zero-order chi connectivity index (χ0) is 39.4.